The summed E-state index contributed by atoms with van der Waals surface area (Å²) >= 11 is 0. The number of aromatic nitrogens is 4. The Hall–Kier alpha value is -6.16. The molecule has 62 heavy (non-hydrogen) atoms. The van der Waals surface area contributed by atoms with Gasteiger partial charge in [0.2, 0.25) is 11.8 Å². The van der Waals surface area contributed by atoms with E-state index in [0.29, 0.717) is 18.3 Å². The number of carbonyl (C=O) groups excluding carboxylic acids is 4. The number of benzene rings is 3. The van der Waals surface area contributed by atoms with Gasteiger partial charge in [-0.3, -0.25) is 9.59 Å². The first-order valence-electron chi connectivity index (χ1n) is 21.5. The van der Waals surface area contributed by atoms with Crippen LogP contribution in [0.25, 0.3) is 44.2 Å². The molecule has 4 amide bonds. The zero-order valence-electron chi connectivity index (χ0n) is 36.5. The molecule has 8 rings (SSSR count). The van der Waals surface area contributed by atoms with Crippen LogP contribution in [0.4, 0.5) is 9.59 Å². The van der Waals surface area contributed by atoms with Gasteiger partial charge < -0.3 is 49.3 Å². The average molecular weight is 849 g/mol. The van der Waals surface area contributed by atoms with Crippen molar-refractivity contribution in [2.75, 3.05) is 21.3 Å². The van der Waals surface area contributed by atoms with Crippen molar-refractivity contribution in [1.29, 1.82) is 0 Å². The molecule has 16 heteroatoms. The Morgan fingerprint density at radius 1 is 0.839 bits per heavy atom. The normalized spacial score (nSPS) is 21.0. The minimum Gasteiger partial charge on any atom is -0.488 e. The van der Waals surface area contributed by atoms with Crippen LogP contribution in [-0.2, 0) is 30.4 Å². The largest absolute Gasteiger partial charge is 0.488 e. The number of methoxy groups -OCH3 is 3. The first-order valence-corrected chi connectivity index (χ1v) is 21.5. The number of fused-ring (bicyclic) bond motifs is 6. The molecule has 4 N–H and O–H groups in total. The second kappa shape index (κ2) is 17.3. The van der Waals surface area contributed by atoms with E-state index in [-0.39, 0.29) is 41.9 Å². The van der Waals surface area contributed by atoms with Gasteiger partial charge in [-0.25, -0.2) is 19.6 Å². The van der Waals surface area contributed by atoms with Crippen molar-refractivity contribution < 1.29 is 38.1 Å². The van der Waals surface area contributed by atoms with Crippen LogP contribution in [0.1, 0.15) is 96.0 Å². The molecule has 0 saturated carbocycles. The lowest BCUT2D eigenvalue weighted by Gasteiger charge is -2.34. The molecule has 3 aliphatic rings. The predicted octanol–water partition coefficient (Wildman–Crippen LogP) is 7.30. The maximum absolute atomic E-state index is 14.2. The molecule has 0 bridgehead atoms. The molecule has 0 spiro atoms. The number of amides is 4. The lowest BCUT2D eigenvalue weighted by atomic mass is 9.92. The third kappa shape index (κ3) is 7.69. The van der Waals surface area contributed by atoms with Crippen LogP contribution in [0.3, 0.4) is 0 Å². The lowest BCUT2D eigenvalue weighted by molar-refractivity contribution is -0.140. The maximum atomic E-state index is 14.2. The van der Waals surface area contributed by atoms with Gasteiger partial charge in [-0.15, -0.1) is 0 Å². The Kier molecular flexibility index (Phi) is 11.9. The molecular weight excluding hydrogens is 793 g/mol. The summed E-state index contributed by atoms with van der Waals surface area (Å²) in [5.41, 5.74) is 6.53. The summed E-state index contributed by atoms with van der Waals surface area (Å²) in [5.74, 6) is 1.63. The summed E-state index contributed by atoms with van der Waals surface area (Å²) in [7, 11) is 4.07. The molecule has 7 atom stereocenters. The Labute approximate surface area is 360 Å². The number of nitrogens with one attached hydrogen (secondary N) is 4. The van der Waals surface area contributed by atoms with Gasteiger partial charge in [-0.05, 0) is 98.2 Å². The Morgan fingerprint density at radius 2 is 1.55 bits per heavy atom. The van der Waals surface area contributed by atoms with Gasteiger partial charge in [0, 0.05) is 30.1 Å². The highest BCUT2D eigenvalue weighted by atomic mass is 16.5. The summed E-state index contributed by atoms with van der Waals surface area (Å²) in [6.45, 7) is 10.0. The molecule has 2 fully saturated rings. The van der Waals surface area contributed by atoms with Crippen molar-refractivity contribution in [1.82, 2.24) is 40.4 Å². The summed E-state index contributed by atoms with van der Waals surface area (Å²) in [6, 6.07) is 12.3. The monoisotopic (exact) mass is 848 g/mol. The van der Waals surface area contributed by atoms with Gasteiger partial charge >= 0.3 is 12.2 Å². The fraction of sp³-hybridized carbons (Fsp3) is 0.478. The van der Waals surface area contributed by atoms with E-state index in [0.717, 1.165) is 87.6 Å². The molecule has 2 aromatic heterocycles. The number of carbonyl (C=O) groups is 4. The van der Waals surface area contributed by atoms with Crippen LogP contribution in [0.2, 0.25) is 0 Å². The van der Waals surface area contributed by atoms with E-state index in [1.54, 1.807) is 6.92 Å². The van der Waals surface area contributed by atoms with Crippen LogP contribution in [0, 0.1) is 5.92 Å². The number of likely N-dealkylation sites (tertiary alicyclic amines) is 2. The Bertz CT molecular complexity index is 2510. The third-order valence-electron chi connectivity index (χ3n) is 13.0. The first-order chi connectivity index (χ1) is 29.8. The summed E-state index contributed by atoms with van der Waals surface area (Å²) in [4.78, 5) is 73.1. The predicted molar refractivity (Wildman–Crippen MR) is 232 cm³/mol. The molecule has 5 aromatic rings. The van der Waals surface area contributed by atoms with Crippen molar-refractivity contribution in [2.45, 2.75) is 116 Å². The highest BCUT2D eigenvalue weighted by Gasteiger charge is 2.44. The fourth-order valence-electron chi connectivity index (χ4n) is 9.52. The molecule has 5 heterocycles. The number of hydrogen-bond acceptors (Lipinski definition) is 10. The van der Waals surface area contributed by atoms with Crippen molar-refractivity contribution in [3.63, 3.8) is 0 Å². The van der Waals surface area contributed by atoms with Crippen molar-refractivity contribution in [2.24, 2.45) is 5.92 Å². The van der Waals surface area contributed by atoms with E-state index >= 15 is 0 Å². The standard InChI is InChI=1S/C46H56N8O8/c1-9-29-13-17-36(54(29)44(56)39(25(5)59-6)52-46(58)61-8)42-48-33-15-12-26-19-32-30-14-11-27(18-28(30)22-62-37(32)20-31(26)40(33)50-42)34-21-47-41(49-34)35-16-10-24(4)53(35)43(55)38(23(2)3)51-45(57)60-7/h11-12,14-15,18-21,23-25,29,35-36,38-39H,9-10,13,16-17,22H2,1-8H3,(H,47,49)(H,48,50)(H,51,57)(H,52,58)/t24-,25+,29-,35-,36-,38-,39-/m0/s1. The quantitative estimate of drug-likeness (QED) is 0.105. The average Bonchev–Trinajstić information content (AvgIpc) is 4.11. The fourth-order valence-corrected chi connectivity index (χ4v) is 9.52. The smallest absolute Gasteiger partial charge is 0.407 e. The molecule has 3 aliphatic heterocycles. The Balaban J connectivity index is 1.05. The molecule has 0 radical (unpaired) electrons. The lowest BCUT2D eigenvalue weighted by Crippen LogP contribution is -2.55. The molecule has 2 saturated heterocycles. The number of nitrogens with zero attached hydrogens (tertiary/aromatic N) is 4. The maximum Gasteiger partial charge on any atom is 0.407 e. The van der Waals surface area contributed by atoms with Crippen LogP contribution < -0.4 is 15.4 Å². The van der Waals surface area contributed by atoms with Gasteiger partial charge in [0.15, 0.2) is 0 Å². The van der Waals surface area contributed by atoms with Crippen LogP contribution in [0.5, 0.6) is 5.75 Å². The summed E-state index contributed by atoms with van der Waals surface area (Å²) < 4.78 is 21.6. The molecule has 328 valence electrons. The topological polar surface area (TPSA) is 193 Å². The number of aromatic amines is 2. The molecule has 3 aromatic carbocycles. The number of imidazole rings is 2. The van der Waals surface area contributed by atoms with Crippen molar-refractivity contribution in [3.8, 4) is 28.1 Å². The highest BCUT2D eigenvalue weighted by Crippen LogP contribution is 2.44. The molecule has 0 aliphatic carbocycles. The number of alkyl carbamates (subject to hydrolysis) is 2. The van der Waals surface area contributed by atoms with Crippen molar-refractivity contribution >= 4 is 45.8 Å². The number of rotatable bonds is 11. The highest BCUT2D eigenvalue weighted by molar-refractivity contribution is 6.07. The van der Waals surface area contributed by atoms with Crippen LogP contribution >= 0.6 is 0 Å². The van der Waals surface area contributed by atoms with Crippen LogP contribution in [-0.4, -0.2) is 105 Å². The number of hydrogen-bond donors (Lipinski definition) is 4. The minimum absolute atomic E-state index is 0.0198. The first kappa shape index (κ1) is 42.5. The van der Waals surface area contributed by atoms with Gasteiger partial charge in [-0.1, -0.05) is 39.0 Å². The van der Waals surface area contributed by atoms with Gasteiger partial charge in [0.25, 0.3) is 0 Å². The molecule has 0 unspecified atom stereocenters. The van der Waals surface area contributed by atoms with E-state index < -0.39 is 30.4 Å². The van der Waals surface area contributed by atoms with E-state index in [4.69, 9.17) is 28.9 Å². The van der Waals surface area contributed by atoms with E-state index in [1.807, 2.05) is 42.8 Å². The summed E-state index contributed by atoms with van der Waals surface area (Å²) in [6.07, 6.45) is 3.74. The van der Waals surface area contributed by atoms with E-state index in [2.05, 4.69) is 63.9 Å². The minimum atomic E-state index is -0.933. The third-order valence-corrected chi connectivity index (χ3v) is 13.0. The van der Waals surface area contributed by atoms with Crippen LogP contribution in [0.15, 0.2) is 48.7 Å². The Morgan fingerprint density at radius 3 is 2.26 bits per heavy atom. The number of H-pyrrole nitrogens is 2. The second-order valence-corrected chi connectivity index (χ2v) is 17.0. The summed E-state index contributed by atoms with van der Waals surface area (Å²) in [5, 5.41) is 7.38. The molecular formula is C46H56N8O8. The van der Waals surface area contributed by atoms with Gasteiger partial charge in [0.05, 0.1) is 55.3 Å². The van der Waals surface area contributed by atoms with E-state index in [1.165, 1.54) is 21.3 Å². The SMILES string of the molecule is CC[C@H]1CC[C@@H](c2nc3ccc4cc5c(cc4c3[nH]2)OCc2cc(-c3cnc([C@@H]4CC[C@H](C)N4C(=O)[C@@H](NC(=O)OC)C(C)C)[nH]3)ccc2-5)N1C(=O)[C@@H](NC(=O)OC)[C@@H](C)OC. The number of ether oxygens (including phenoxy) is 4. The van der Waals surface area contributed by atoms with E-state index in [9.17, 15) is 19.2 Å². The zero-order chi connectivity index (χ0) is 44.0. The van der Waals surface area contributed by atoms with Crippen molar-refractivity contribution in [3.05, 3.63) is 65.9 Å². The van der Waals surface area contributed by atoms with Gasteiger partial charge in [0.1, 0.15) is 36.1 Å². The van der Waals surface area contributed by atoms with Gasteiger partial charge in [-0.2, -0.15) is 0 Å². The second-order valence-electron chi connectivity index (χ2n) is 17.0. The molecule has 16 nitrogen and oxygen atoms in total. The zero-order valence-corrected chi connectivity index (χ0v) is 36.5.